The third-order valence-electron chi connectivity index (χ3n) is 6.88. The van der Waals surface area contributed by atoms with Crippen LogP contribution in [0, 0.1) is 6.26 Å². The van der Waals surface area contributed by atoms with Gasteiger partial charge in [0.15, 0.2) is 0 Å². The zero-order valence-corrected chi connectivity index (χ0v) is 23.8. The van der Waals surface area contributed by atoms with E-state index in [1.165, 1.54) is 22.3 Å². The molecule has 0 aliphatic rings. The van der Waals surface area contributed by atoms with Crippen molar-refractivity contribution in [2.45, 2.75) is 39.5 Å². The van der Waals surface area contributed by atoms with Gasteiger partial charge >= 0.3 is 0 Å². The molecule has 0 unspecified atom stereocenters. The summed E-state index contributed by atoms with van der Waals surface area (Å²) in [5.74, 6) is 1.35. The molecular formula is C33H29IrN2O-. The van der Waals surface area contributed by atoms with Gasteiger partial charge in [0.05, 0.1) is 18.2 Å². The second-order valence-electron chi connectivity index (χ2n) is 9.94. The maximum absolute atomic E-state index is 8.20. The monoisotopic (exact) mass is 663 g/mol. The van der Waals surface area contributed by atoms with E-state index in [1.807, 2.05) is 18.2 Å². The molecular weight excluding hydrogens is 633 g/mol. The number of hydrogen-bond acceptors (Lipinski definition) is 2. The molecule has 187 valence electrons. The fraction of sp³-hybridized carbons (Fsp3) is 0.182. The Morgan fingerprint density at radius 3 is 2.19 bits per heavy atom. The minimum Gasteiger partial charge on any atom is -0.557 e. The largest absolute Gasteiger partial charge is 0.557 e. The van der Waals surface area contributed by atoms with Crippen molar-refractivity contribution in [1.29, 1.82) is 0 Å². The second-order valence-corrected chi connectivity index (χ2v) is 9.94. The topological polar surface area (TPSA) is 31.0 Å². The molecule has 0 N–H and O–H groups in total. The third-order valence-corrected chi connectivity index (χ3v) is 6.88. The number of nitrogens with zero attached hydrogens (tertiary/aromatic N) is 2. The molecule has 0 aliphatic carbocycles. The van der Waals surface area contributed by atoms with Gasteiger partial charge in [-0.05, 0) is 58.4 Å². The summed E-state index contributed by atoms with van der Waals surface area (Å²) in [6.07, 6.45) is 3.12. The van der Waals surface area contributed by atoms with Gasteiger partial charge in [0.25, 0.3) is 0 Å². The number of furan rings is 1. The molecule has 0 saturated heterocycles. The van der Waals surface area contributed by atoms with Crippen LogP contribution in [-0.2, 0) is 20.1 Å². The third kappa shape index (κ3) is 4.35. The Morgan fingerprint density at radius 2 is 1.49 bits per heavy atom. The average Bonchev–Trinajstić information content (AvgIpc) is 3.49. The summed E-state index contributed by atoms with van der Waals surface area (Å²) in [6.45, 7) is 9.01. The average molecular weight is 663 g/mol. The molecule has 0 fully saturated rings. The first kappa shape index (κ1) is 23.9. The van der Waals surface area contributed by atoms with Crippen LogP contribution in [0.5, 0.6) is 0 Å². The molecule has 0 spiro atoms. The first-order valence-electron chi connectivity index (χ1n) is 13.0. The molecule has 6 aromatic rings. The number of imidazole rings is 1. The molecule has 4 aromatic carbocycles. The standard InChI is InChI=1S/C33H29N2O.Ir/c1-21(2)26-18-24(23-12-6-5-7-13-23)19-27(22(3)4)32(26)35-30-16-10-9-15-29(30)34-33(35)28-20-36-31-17-11-8-14-25(28)31;/h5-19,21-22H,1-4H3;/q-1;/i8D;. The Balaban J connectivity index is 0.00000294. The van der Waals surface area contributed by atoms with Crippen LogP contribution >= 0.6 is 0 Å². The van der Waals surface area contributed by atoms with Crippen LogP contribution in [-0.4, -0.2) is 9.55 Å². The first-order valence-corrected chi connectivity index (χ1v) is 12.5. The molecule has 2 heterocycles. The minimum atomic E-state index is 0. The van der Waals surface area contributed by atoms with Crippen molar-refractivity contribution in [3.63, 3.8) is 0 Å². The Hall–Kier alpha value is -3.46. The SMILES string of the molecule is [2H]c1ccc2o[c-]c(-c3nc4ccccc4n3-c3c(C(C)C)cc(-c4ccccc4)cc3C(C)C)c2c1.[Ir]. The smallest absolute Gasteiger partial charge is 0.0774 e. The van der Waals surface area contributed by atoms with Crippen LogP contribution < -0.4 is 0 Å². The summed E-state index contributed by atoms with van der Waals surface area (Å²) in [6, 6.07) is 29.4. The molecule has 6 rings (SSSR count). The number of rotatable bonds is 5. The van der Waals surface area contributed by atoms with Crippen LogP contribution in [0.25, 0.3) is 50.2 Å². The van der Waals surface area contributed by atoms with E-state index in [0.717, 1.165) is 33.5 Å². The van der Waals surface area contributed by atoms with Crippen LogP contribution in [0.4, 0.5) is 0 Å². The van der Waals surface area contributed by atoms with Crippen LogP contribution in [0.3, 0.4) is 0 Å². The normalized spacial score (nSPS) is 11.9. The fourth-order valence-electron chi connectivity index (χ4n) is 5.06. The van der Waals surface area contributed by atoms with Crippen molar-refractivity contribution in [3.05, 3.63) is 108 Å². The molecule has 0 amide bonds. The van der Waals surface area contributed by atoms with E-state index in [2.05, 4.69) is 99.2 Å². The molecule has 37 heavy (non-hydrogen) atoms. The van der Waals surface area contributed by atoms with E-state index in [4.69, 9.17) is 10.8 Å². The predicted octanol–water partition coefficient (Wildman–Crippen LogP) is 9.15. The molecule has 1 radical (unpaired) electrons. The molecule has 0 saturated carbocycles. The van der Waals surface area contributed by atoms with Gasteiger partial charge in [-0.15, -0.1) is 6.07 Å². The fourth-order valence-corrected chi connectivity index (χ4v) is 5.06. The minimum absolute atomic E-state index is 0. The molecule has 3 nitrogen and oxygen atoms in total. The number of hydrogen-bond donors (Lipinski definition) is 0. The summed E-state index contributed by atoms with van der Waals surface area (Å²) in [5.41, 5.74) is 9.57. The summed E-state index contributed by atoms with van der Waals surface area (Å²) < 4.78 is 16.3. The summed E-state index contributed by atoms with van der Waals surface area (Å²) in [7, 11) is 0. The van der Waals surface area contributed by atoms with Crippen molar-refractivity contribution >= 4 is 22.0 Å². The van der Waals surface area contributed by atoms with Crippen molar-refractivity contribution in [2.24, 2.45) is 0 Å². The van der Waals surface area contributed by atoms with E-state index in [0.29, 0.717) is 11.6 Å². The van der Waals surface area contributed by atoms with Gasteiger partial charge in [-0.25, -0.2) is 0 Å². The van der Waals surface area contributed by atoms with Crippen molar-refractivity contribution in [1.82, 2.24) is 9.55 Å². The van der Waals surface area contributed by atoms with Gasteiger partial charge in [-0.1, -0.05) is 99.3 Å². The Bertz CT molecular complexity index is 1720. The van der Waals surface area contributed by atoms with Gasteiger partial charge in [-0.3, -0.25) is 4.98 Å². The maximum atomic E-state index is 8.20. The number of fused-ring (bicyclic) bond motifs is 2. The molecule has 4 heteroatoms. The van der Waals surface area contributed by atoms with E-state index in [1.54, 1.807) is 6.07 Å². The summed E-state index contributed by atoms with van der Waals surface area (Å²) >= 11 is 0. The van der Waals surface area contributed by atoms with Gasteiger partial charge in [0.1, 0.15) is 0 Å². The summed E-state index contributed by atoms with van der Waals surface area (Å²) in [4.78, 5) is 5.10. The summed E-state index contributed by atoms with van der Waals surface area (Å²) in [5, 5.41) is 0.849. The van der Waals surface area contributed by atoms with Crippen LogP contribution in [0.2, 0.25) is 0 Å². The number of benzene rings is 4. The zero-order chi connectivity index (χ0) is 25.7. The molecule has 0 aliphatic heterocycles. The molecule has 2 aromatic heterocycles. The number of para-hydroxylation sites is 3. The van der Waals surface area contributed by atoms with Crippen molar-refractivity contribution in [2.75, 3.05) is 0 Å². The van der Waals surface area contributed by atoms with E-state index >= 15 is 0 Å². The Kier molecular flexibility index (Phi) is 6.54. The Morgan fingerprint density at radius 1 is 0.811 bits per heavy atom. The first-order chi connectivity index (χ1) is 17.9. The van der Waals surface area contributed by atoms with Gasteiger partial charge in [0.2, 0.25) is 0 Å². The number of aromatic nitrogens is 2. The maximum Gasteiger partial charge on any atom is 0.0774 e. The van der Waals surface area contributed by atoms with Crippen molar-refractivity contribution < 1.29 is 25.9 Å². The zero-order valence-electron chi connectivity index (χ0n) is 22.4. The van der Waals surface area contributed by atoms with Gasteiger partial charge < -0.3 is 8.98 Å². The van der Waals surface area contributed by atoms with Crippen molar-refractivity contribution in [3.8, 4) is 28.2 Å². The van der Waals surface area contributed by atoms with E-state index in [9.17, 15) is 0 Å². The predicted molar refractivity (Wildman–Crippen MR) is 149 cm³/mol. The second kappa shape index (κ2) is 10.1. The molecule has 0 atom stereocenters. The van der Waals surface area contributed by atoms with Gasteiger partial charge in [-0.2, -0.15) is 0 Å². The van der Waals surface area contributed by atoms with E-state index < -0.39 is 0 Å². The van der Waals surface area contributed by atoms with E-state index in [-0.39, 0.29) is 31.9 Å². The van der Waals surface area contributed by atoms with Crippen LogP contribution in [0.15, 0.2) is 95.4 Å². The Labute approximate surface area is 232 Å². The van der Waals surface area contributed by atoms with Gasteiger partial charge in [0, 0.05) is 37.6 Å². The van der Waals surface area contributed by atoms with Crippen LogP contribution in [0.1, 0.15) is 52.0 Å². The molecule has 0 bridgehead atoms. The quantitative estimate of drug-likeness (QED) is 0.173.